The number of carboxylic acid groups (broad SMARTS) is 2. The van der Waals surface area contributed by atoms with Crippen molar-refractivity contribution in [2.45, 2.75) is 56.6 Å². The van der Waals surface area contributed by atoms with Crippen LogP contribution in [-0.4, -0.2) is 79.2 Å². The van der Waals surface area contributed by atoms with Gasteiger partial charge in [-0.25, -0.2) is 18.0 Å². The Morgan fingerprint density at radius 3 is 2.16 bits per heavy atom. The molecular weight excluding hydrogens is 662 g/mol. The van der Waals surface area contributed by atoms with E-state index < -0.39 is 22.0 Å². The van der Waals surface area contributed by atoms with Crippen LogP contribution < -0.4 is 14.2 Å². The molecular formula is C37H45N3O9S. The van der Waals surface area contributed by atoms with Gasteiger partial charge >= 0.3 is 11.9 Å². The van der Waals surface area contributed by atoms with Gasteiger partial charge in [0.25, 0.3) is 0 Å². The van der Waals surface area contributed by atoms with Gasteiger partial charge in [0.05, 0.1) is 26.2 Å². The van der Waals surface area contributed by atoms with E-state index in [1.54, 1.807) is 45.6 Å². The number of rotatable bonds is 12. The van der Waals surface area contributed by atoms with Crippen LogP contribution in [0.15, 0.2) is 83.8 Å². The summed E-state index contributed by atoms with van der Waals surface area (Å²) >= 11 is 0. The lowest BCUT2D eigenvalue weighted by Crippen LogP contribution is -2.30. The zero-order chi connectivity index (χ0) is 36.3. The summed E-state index contributed by atoms with van der Waals surface area (Å²) in [5, 5.41) is 14.8. The number of aromatic nitrogens is 1. The summed E-state index contributed by atoms with van der Waals surface area (Å²) < 4.78 is 45.7. The number of nitrogens with zero attached hydrogens (tertiary/aromatic N) is 2. The Kier molecular flexibility index (Phi) is 13.4. The molecule has 1 aliphatic rings. The lowest BCUT2D eigenvalue weighted by Gasteiger charge is -2.30. The first-order valence-corrected chi connectivity index (χ1v) is 17.8. The largest absolute Gasteiger partial charge is 0.496 e. The van der Waals surface area contributed by atoms with Crippen LogP contribution in [-0.2, 0) is 32.7 Å². The van der Waals surface area contributed by atoms with E-state index in [9.17, 15) is 8.42 Å². The molecule has 3 N–H and O–H groups in total. The van der Waals surface area contributed by atoms with E-state index in [4.69, 9.17) is 34.0 Å². The molecule has 1 atom stereocenters. The predicted octanol–water partition coefficient (Wildman–Crippen LogP) is 6.19. The second kappa shape index (κ2) is 17.7. The molecule has 13 heteroatoms. The van der Waals surface area contributed by atoms with Crippen LogP contribution in [0.25, 0.3) is 11.3 Å². The summed E-state index contributed by atoms with van der Waals surface area (Å²) in [6, 6.07) is 25.7. The van der Waals surface area contributed by atoms with Gasteiger partial charge in [0, 0.05) is 42.6 Å². The van der Waals surface area contributed by atoms with Crippen molar-refractivity contribution in [3.63, 3.8) is 0 Å². The number of nitrogens with one attached hydrogen (secondary N) is 1. The standard InChI is InChI=1S/C35H43N3O5S.C2H2O4/c1-5-38(24-26-15-19-34(42-3)35(22-26)43-4)44(39,40)29-17-20-33(41-2)30(23-29)31-18-16-28(36-31)25-37-21-11-7-10-14-32(37)27-12-8-6-9-13-27;3-1(4)2(5)6/h6,8-9,12-13,15-20,22-23,32,36H,5,7,10-11,14,21,24-25H2,1-4H3;(H,3,4)(H,5,6)/t32-;/m1./s1. The lowest BCUT2D eigenvalue weighted by atomic mass is 10.0. The van der Waals surface area contributed by atoms with Crippen molar-refractivity contribution in [1.82, 2.24) is 14.2 Å². The first kappa shape index (κ1) is 38.0. The molecule has 0 unspecified atom stereocenters. The number of sulfonamides is 1. The molecule has 4 aromatic rings. The summed E-state index contributed by atoms with van der Waals surface area (Å²) in [6.07, 6.45) is 4.80. The van der Waals surface area contributed by atoms with E-state index in [1.165, 1.54) is 29.1 Å². The van der Waals surface area contributed by atoms with Gasteiger partial charge in [0.2, 0.25) is 10.0 Å². The zero-order valence-electron chi connectivity index (χ0n) is 28.8. The minimum Gasteiger partial charge on any atom is -0.496 e. The van der Waals surface area contributed by atoms with Crippen molar-refractivity contribution in [2.75, 3.05) is 34.4 Å². The maximum absolute atomic E-state index is 13.9. The smallest absolute Gasteiger partial charge is 0.414 e. The third-order valence-electron chi connectivity index (χ3n) is 8.61. The number of hydrogen-bond donors (Lipinski definition) is 3. The number of H-pyrrole nitrogens is 1. The first-order chi connectivity index (χ1) is 24.0. The van der Waals surface area contributed by atoms with Crippen LogP contribution in [0.1, 0.15) is 55.5 Å². The molecule has 0 saturated carbocycles. The molecule has 3 aromatic carbocycles. The molecule has 0 aliphatic carbocycles. The maximum atomic E-state index is 13.9. The monoisotopic (exact) mass is 707 g/mol. The van der Waals surface area contributed by atoms with Crippen LogP contribution >= 0.6 is 0 Å². The molecule has 0 amide bonds. The van der Waals surface area contributed by atoms with Crippen molar-refractivity contribution in [1.29, 1.82) is 0 Å². The Labute approximate surface area is 293 Å². The van der Waals surface area contributed by atoms with E-state index >= 15 is 0 Å². The van der Waals surface area contributed by atoms with Gasteiger partial charge in [-0.3, -0.25) is 4.90 Å². The molecule has 12 nitrogen and oxygen atoms in total. The van der Waals surface area contributed by atoms with Crippen molar-refractivity contribution in [2.24, 2.45) is 0 Å². The Morgan fingerprint density at radius 2 is 1.52 bits per heavy atom. The molecule has 1 aromatic heterocycles. The summed E-state index contributed by atoms with van der Waals surface area (Å²) in [6.45, 7) is 4.17. The zero-order valence-corrected chi connectivity index (χ0v) is 29.6. The number of benzene rings is 3. The highest BCUT2D eigenvalue weighted by molar-refractivity contribution is 7.89. The van der Waals surface area contributed by atoms with E-state index in [-0.39, 0.29) is 11.4 Å². The normalized spacial score (nSPS) is 15.0. The molecule has 1 saturated heterocycles. The van der Waals surface area contributed by atoms with Crippen LogP contribution in [0, 0.1) is 0 Å². The number of aromatic amines is 1. The molecule has 2 heterocycles. The molecule has 0 radical (unpaired) electrons. The fraction of sp³-hybridized carbons (Fsp3) is 0.351. The summed E-state index contributed by atoms with van der Waals surface area (Å²) in [5.41, 5.74) is 4.77. The van der Waals surface area contributed by atoms with Gasteiger partial charge in [-0.1, -0.05) is 56.2 Å². The Bertz CT molecular complexity index is 1830. The minimum absolute atomic E-state index is 0.200. The molecule has 5 rings (SSSR count). The van der Waals surface area contributed by atoms with Crippen LogP contribution in [0.5, 0.6) is 17.2 Å². The number of carbonyl (C=O) groups is 2. The molecule has 50 heavy (non-hydrogen) atoms. The summed E-state index contributed by atoms with van der Waals surface area (Å²) in [7, 11) is 0.931. The van der Waals surface area contributed by atoms with Crippen LogP contribution in [0.2, 0.25) is 0 Å². The van der Waals surface area contributed by atoms with Gasteiger partial charge in [-0.15, -0.1) is 0 Å². The molecule has 268 valence electrons. The molecule has 1 aliphatic heterocycles. The second-order valence-corrected chi connectivity index (χ2v) is 13.7. The number of methoxy groups -OCH3 is 3. The first-order valence-electron chi connectivity index (χ1n) is 16.3. The van der Waals surface area contributed by atoms with Crippen molar-refractivity contribution in [3.8, 4) is 28.5 Å². The topological polar surface area (TPSA) is 159 Å². The fourth-order valence-electron chi connectivity index (χ4n) is 6.07. The highest BCUT2D eigenvalue weighted by Gasteiger charge is 2.26. The number of ether oxygens (including phenoxy) is 3. The highest BCUT2D eigenvalue weighted by atomic mass is 32.2. The SMILES string of the molecule is CCN(Cc1ccc(OC)c(OC)c1)S(=O)(=O)c1ccc(OC)c(-c2ccc(CN3CCCCC[C@@H]3c3ccccc3)[nH]2)c1.O=C(O)C(=O)O. The third kappa shape index (κ3) is 9.43. The fourth-order valence-corrected chi connectivity index (χ4v) is 7.54. The van der Waals surface area contributed by atoms with E-state index in [2.05, 4.69) is 46.3 Å². The summed E-state index contributed by atoms with van der Waals surface area (Å²) in [4.78, 5) is 24.5. The van der Waals surface area contributed by atoms with Gasteiger partial charge < -0.3 is 29.4 Å². The Morgan fingerprint density at radius 1 is 0.840 bits per heavy atom. The van der Waals surface area contributed by atoms with Crippen molar-refractivity contribution >= 4 is 22.0 Å². The van der Waals surface area contributed by atoms with Crippen LogP contribution in [0.3, 0.4) is 0 Å². The average molecular weight is 708 g/mol. The molecule has 1 fully saturated rings. The van der Waals surface area contributed by atoms with Gasteiger partial charge in [-0.2, -0.15) is 4.31 Å². The predicted molar refractivity (Wildman–Crippen MR) is 189 cm³/mol. The maximum Gasteiger partial charge on any atom is 0.414 e. The van der Waals surface area contributed by atoms with E-state index in [0.29, 0.717) is 35.4 Å². The Hall–Kier alpha value is -4.85. The number of carboxylic acids is 2. The van der Waals surface area contributed by atoms with Gasteiger partial charge in [0.15, 0.2) is 11.5 Å². The Balaban J connectivity index is 0.000000860. The summed E-state index contributed by atoms with van der Waals surface area (Å²) in [5.74, 6) is -1.89. The molecule has 0 spiro atoms. The van der Waals surface area contributed by atoms with Crippen molar-refractivity contribution < 1.29 is 42.4 Å². The third-order valence-corrected chi connectivity index (χ3v) is 10.5. The number of aliphatic carboxylic acids is 2. The molecule has 0 bridgehead atoms. The minimum atomic E-state index is -3.81. The number of hydrogen-bond acceptors (Lipinski definition) is 8. The lowest BCUT2D eigenvalue weighted by molar-refractivity contribution is -0.159. The van der Waals surface area contributed by atoms with Gasteiger partial charge in [-0.05, 0) is 73.0 Å². The quantitative estimate of drug-likeness (QED) is 0.145. The van der Waals surface area contributed by atoms with E-state index in [1.807, 2.05) is 25.1 Å². The van der Waals surface area contributed by atoms with Crippen molar-refractivity contribution in [3.05, 3.63) is 95.7 Å². The average Bonchev–Trinajstić information content (AvgIpc) is 3.47. The second-order valence-electron chi connectivity index (χ2n) is 11.7. The van der Waals surface area contributed by atoms with Gasteiger partial charge in [0.1, 0.15) is 5.75 Å². The van der Waals surface area contributed by atoms with Crippen LogP contribution in [0.4, 0.5) is 0 Å². The van der Waals surface area contributed by atoms with E-state index in [0.717, 1.165) is 36.5 Å². The number of likely N-dealkylation sites (tertiary alicyclic amines) is 1. The highest BCUT2D eigenvalue weighted by Crippen LogP contribution is 2.35.